The van der Waals surface area contributed by atoms with Crippen LogP contribution in [0.25, 0.3) is 0 Å². The summed E-state index contributed by atoms with van der Waals surface area (Å²) in [5.74, 6) is 0. The minimum Gasteiger partial charge on any atom is -0.412 e. The summed E-state index contributed by atoms with van der Waals surface area (Å²) in [7, 11) is 0. The van der Waals surface area contributed by atoms with Crippen molar-refractivity contribution < 1.29 is 85.9 Å². The maximum absolute atomic E-state index is 8.25. The van der Waals surface area contributed by atoms with Crippen LogP contribution < -0.4 is 0 Å². The Morgan fingerprint density at radius 3 is 0.636 bits per heavy atom. The van der Waals surface area contributed by atoms with Crippen molar-refractivity contribution in [3.8, 4) is 0 Å². The van der Waals surface area contributed by atoms with E-state index in [9.17, 15) is 0 Å². The predicted molar refractivity (Wildman–Crippen MR) is 65.5 cm³/mol. The van der Waals surface area contributed by atoms with Crippen molar-refractivity contribution in [2.75, 3.05) is 6.61 Å². The van der Waals surface area contributed by atoms with Gasteiger partial charge in [-0.25, -0.2) is 0 Å². The van der Waals surface area contributed by atoms with Crippen LogP contribution in [0.4, 0.5) is 0 Å². The Balaban J connectivity index is -0.00000000740. The van der Waals surface area contributed by atoms with E-state index >= 15 is 0 Å². The van der Waals surface area contributed by atoms with Gasteiger partial charge in [-0.15, -0.1) is 0 Å². The summed E-state index contributed by atoms with van der Waals surface area (Å²) in [5.41, 5.74) is 0. The molecule has 140 valence electrons. The minimum absolute atomic E-state index is 0. The zero-order chi connectivity index (χ0) is 13.4. The zero-order valence-electron chi connectivity index (χ0n) is 10.7. The molecule has 0 atom stereocenters. The van der Waals surface area contributed by atoms with E-state index in [1.54, 1.807) is 6.92 Å². The van der Waals surface area contributed by atoms with Gasteiger partial charge >= 0.3 is 32.7 Å². The molecule has 0 aliphatic rings. The number of aliphatic hydroxyl groups is 1. The van der Waals surface area contributed by atoms with Crippen molar-refractivity contribution in [3.05, 3.63) is 46.0 Å². The minimum atomic E-state index is -1.75. The molecule has 0 amide bonds. The summed E-state index contributed by atoms with van der Waals surface area (Å²) in [6, 6.07) is 0. The standard InChI is InChI=1S/C2H6O.3NO3.6H2O.Y/c1-2-3;3*2-1(3)4;;;;;;;/h3H,2H2,1H3;;;;6*1H2;/q;3*-1;;;;;;;+3. The summed E-state index contributed by atoms with van der Waals surface area (Å²) in [4.78, 5) is 24.8. The molecule has 0 saturated heterocycles. The molecule has 13 N–H and O–H groups in total. The molecule has 0 bridgehead atoms. The van der Waals surface area contributed by atoms with Crippen LogP contribution in [0.15, 0.2) is 0 Å². The number of hydrogen-bond donors (Lipinski definition) is 1. The van der Waals surface area contributed by atoms with Gasteiger partial charge in [-0.3, -0.25) is 0 Å². The van der Waals surface area contributed by atoms with Crippen molar-refractivity contribution in [3.63, 3.8) is 0 Å². The second-order valence-corrected chi connectivity index (χ2v) is 0.987. The summed E-state index contributed by atoms with van der Waals surface area (Å²) < 4.78 is 0. The number of hydrogen-bond acceptors (Lipinski definition) is 10. The molecule has 0 radical (unpaired) electrons. The first kappa shape index (κ1) is 86.8. The molecule has 0 spiro atoms. The predicted octanol–water partition coefficient (Wildman–Crippen LogP) is -5.67. The Labute approximate surface area is 145 Å². The number of rotatable bonds is 0. The van der Waals surface area contributed by atoms with Gasteiger partial charge in [0.1, 0.15) is 0 Å². The van der Waals surface area contributed by atoms with Gasteiger partial charge in [0.2, 0.25) is 0 Å². The van der Waals surface area contributed by atoms with Crippen LogP contribution in [0.3, 0.4) is 0 Å². The van der Waals surface area contributed by atoms with E-state index in [2.05, 4.69) is 0 Å². The molecule has 0 heterocycles. The SMILES string of the molecule is CCO.O.O.O.O.O.O.O=[N+]([O-])[O-].O=[N+]([O-])[O-].O=[N+]([O-])[O-].[Y+3]. The molecule has 22 heavy (non-hydrogen) atoms. The maximum Gasteiger partial charge on any atom is 3.00 e. The quantitative estimate of drug-likeness (QED) is 0.280. The molecule has 19 nitrogen and oxygen atoms in total. The van der Waals surface area contributed by atoms with Gasteiger partial charge in [-0.1, -0.05) is 0 Å². The summed E-state index contributed by atoms with van der Waals surface area (Å²) in [5, 5.41) is 51.8. The van der Waals surface area contributed by atoms with Crippen LogP contribution >= 0.6 is 0 Å². The number of nitrogens with zero attached hydrogens (tertiary/aromatic N) is 3. The van der Waals surface area contributed by atoms with Gasteiger partial charge in [0.05, 0.1) is 15.3 Å². The normalized spacial score (nSPS) is 4.09. The molecule has 0 rings (SSSR count). The van der Waals surface area contributed by atoms with E-state index in [0.29, 0.717) is 0 Å². The Hall–Kier alpha value is -1.58. The molecular weight excluding hydrogens is 411 g/mol. The van der Waals surface area contributed by atoms with Crippen molar-refractivity contribution in [1.29, 1.82) is 0 Å². The number of aliphatic hydroxyl groups excluding tert-OH is 1. The molecule has 0 aromatic carbocycles. The van der Waals surface area contributed by atoms with E-state index < -0.39 is 15.3 Å². The molecule has 0 aromatic rings. The average molecular weight is 429 g/mol. The molecule has 0 unspecified atom stereocenters. The van der Waals surface area contributed by atoms with E-state index in [1.165, 1.54) is 0 Å². The summed E-state index contributed by atoms with van der Waals surface area (Å²) in [6.45, 7) is 1.93. The van der Waals surface area contributed by atoms with Crippen molar-refractivity contribution in [2.24, 2.45) is 0 Å². The molecule has 0 aromatic heterocycles. The second kappa shape index (κ2) is 92.9. The average Bonchev–Trinajstić information content (AvgIpc) is 1.81. The van der Waals surface area contributed by atoms with Gasteiger partial charge in [-0.2, -0.15) is 0 Å². The van der Waals surface area contributed by atoms with E-state index in [-0.39, 0.29) is 72.2 Å². The fourth-order valence-corrected chi connectivity index (χ4v) is 0. The van der Waals surface area contributed by atoms with Crippen molar-refractivity contribution in [1.82, 2.24) is 0 Å². The van der Waals surface area contributed by atoms with E-state index in [0.717, 1.165) is 0 Å². The topological polar surface area (TPSA) is 408 Å². The van der Waals surface area contributed by atoms with Gasteiger partial charge in [0.15, 0.2) is 0 Å². The molecule has 0 aliphatic heterocycles. The maximum atomic E-state index is 8.25. The van der Waals surface area contributed by atoms with Gasteiger partial charge in [-0.05, 0) is 6.92 Å². The third kappa shape index (κ3) is 2250. The fourth-order valence-electron chi connectivity index (χ4n) is 0. The Kier molecular flexibility index (Phi) is 366. The monoisotopic (exact) mass is 429 g/mol. The van der Waals surface area contributed by atoms with Crippen LogP contribution in [0.5, 0.6) is 0 Å². The molecule has 0 saturated carbocycles. The molecule has 20 heteroatoms. The third-order valence-electron chi connectivity index (χ3n) is 0. The van der Waals surface area contributed by atoms with Crippen LogP contribution in [0, 0.1) is 46.0 Å². The molecular formula is C2H18N3O16Y. The third-order valence-corrected chi connectivity index (χ3v) is 0. The smallest absolute Gasteiger partial charge is 0.412 e. The first-order valence-corrected chi connectivity index (χ1v) is 2.67. The Morgan fingerprint density at radius 1 is 0.636 bits per heavy atom. The van der Waals surface area contributed by atoms with Crippen LogP contribution in [-0.4, -0.2) is 59.8 Å². The van der Waals surface area contributed by atoms with Gasteiger partial charge in [0, 0.05) is 6.61 Å². The molecule has 0 aliphatic carbocycles. The largest absolute Gasteiger partial charge is 3.00 e. The van der Waals surface area contributed by atoms with E-state index in [4.69, 9.17) is 51.1 Å². The van der Waals surface area contributed by atoms with Gasteiger partial charge < -0.3 is 83.9 Å². The Morgan fingerprint density at radius 2 is 0.636 bits per heavy atom. The fraction of sp³-hybridized carbons (Fsp3) is 1.00. The first-order valence-electron chi connectivity index (χ1n) is 2.67. The first-order chi connectivity index (χ1) is 6.61. The van der Waals surface area contributed by atoms with Crippen molar-refractivity contribution >= 4 is 0 Å². The summed E-state index contributed by atoms with van der Waals surface area (Å²) in [6.07, 6.45) is 0. The van der Waals surface area contributed by atoms with Crippen LogP contribution in [0.1, 0.15) is 6.92 Å². The Bertz CT molecular complexity index is 136. The van der Waals surface area contributed by atoms with Crippen LogP contribution in [-0.2, 0) is 32.7 Å². The summed E-state index contributed by atoms with van der Waals surface area (Å²) >= 11 is 0. The zero-order valence-corrected chi connectivity index (χ0v) is 13.6. The van der Waals surface area contributed by atoms with Crippen molar-refractivity contribution in [2.45, 2.75) is 6.92 Å². The molecule has 0 fully saturated rings. The van der Waals surface area contributed by atoms with Crippen LogP contribution in [0.2, 0.25) is 0 Å². The van der Waals surface area contributed by atoms with E-state index in [1.807, 2.05) is 0 Å². The van der Waals surface area contributed by atoms with Gasteiger partial charge in [0.25, 0.3) is 0 Å². The second-order valence-electron chi connectivity index (χ2n) is 0.987.